The zero-order chi connectivity index (χ0) is 19.4. The van der Waals surface area contributed by atoms with E-state index in [1.807, 2.05) is 25.1 Å². The fraction of sp³-hybridized carbons (Fsp3) is 0.476. The zero-order valence-corrected chi connectivity index (χ0v) is 17.4. The summed E-state index contributed by atoms with van der Waals surface area (Å²) in [6.45, 7) is 10.8. The summed E-state index contributed by atoms with van der Waals surface area (Å²) < 4.78 is 0. The van der Waals surface area contributed by atoms with Crippen molar-refractivity contribution in [2.75, 3.05) is 23.3 Å². The molecule has 1 fully saturated rings. The number of aryl methyl sites for hydroxylation is 1. The molecule has 3 atom stereocenters. The van der Waals surface area contributed by atoms with E-state index in [0.29, 0.717) is 22.9 Å². The van der Waals surface area contributed by atoms with Gasteiger partial charge in [0, 0.05) is 24.8 Å². The number of hydrogen-bond acceptors (Lipinski definition) is 4. The van der Waals surface area contributed by atoms with Crippen molar-refractivity contribution in [2.24, 2.45) is 11.8 Å². The number of nitrogens with zero attached hydrogens (tertiary/aromatic N) is 3. The number of thiocarbonyl (C=S) groups is 1. The molecular weight excluding hydrogens is 354 g/mol. The molecule has 1 aliphatic heterocycles. The van der Waals surface area contributed by atoms with E-state index in [2.05, 4.69) is 59.5 Å². The number of rotatable bonds is 4. The molecule has 0 unspecified atom stereocenters. The Kier molecular flexibility index (Phi) is 6.26. The Morgan fingerprint density at radius 1 is 1.15 bits per heavy atom. The van der Waals surface area contributed by atoms with Crippen LogP contribution in [0.5, 0.6) is 0 Å². The molecule has 27 heavy (non-hydrogen) atoms. The van der Waals surface area contributed by atoms with Crippen molar-refractivity contribution >= 4 is 29.1 Å². The van der Waals surface area contributed by atoms with Gasteiger partial charge in [0.25, 0.3) is 0 Å². The van der Waals surface area contributed by atoms with Gasteiger partial charge in [-0.05, 0) is 49.9 Å². The van der Waals surface area contributed by atoms with Gasteiger partial charge in [0.2, 0.25) is 5.95 Å². The van der Waals surface area contributed by atoms with Crippen molar-refractivity contribution in [3.8, 4) is 0 Å². The molecule has 0 amide bonds. The molecule has 0 aliphatic carbocycles. The molecule has 1 aliphatic rings. The molecule has 1 aromatic heterocycles. The van der Waals surface area contributed by atoms with Crippen molar-refractivity contribution in [3.63, 3.8) is 0 Å². The summed E-state index contributed by atoms with van der Waals surface area (Å²) in [7, 11) is 0. The van der Waals surface area contributed by atoms with Crippen LogP contribution in [0.4, 0.5) is 11.8 Å². The molecule has 0 saturated carbocycles. The molecule has 2 N–H and O–H groups in total. The van der Waals surface area contributed by atoms with Gasteiger partial charge in [0.05, 0.1) is 6.04 Å². The Morgan fingerprint density at radius 3 is 2.48 bits per heavy atom. The summed E-state index contributed by atoms with van der Waals surface area (Å²) in [5.41, 5.74) is 2.12. The Balaban J connectivity index is 1.68. The van der Waals surface area contributed by atoms with Gasteiger partial charge in [0.15, 0.2) is 5.11 Å². The standard InChI is InChI=1S/C21H29N5S/c1-14-10-15(2)13-26(12-14)19-11-16(3)22-20(24-19)25-21(27)23-17(4)18-8-6-5-7-9-18/h5-9,11,14-15,17H,10,12-13H2,1-4H3,(H2,22,23,24,25,27)/t14-,15-,17-/m0/s1. The van der Waals surface area contributed by atoms with Crippen molar-refractivity contribution in [3.05, 3.63) is 47.7 Å². The average Bonchev–Trinajstić information content (AvgIpc) is 2.61. The van der Waals surface area contributed by atoms with E-state index in [9.17, 15) is 0 Å². The predicted molar refractivity (Wildman–Crippen MR) is 116 cm³/mol. The van der Waals surface area contributed by atoms with E-state index in [-0.39, 0.29) is 6.04 Å². The lowest BCUT2D eigenvalue weighted by atomic mass is 9.92. The van der Waals surface area contributed by atoms with E-state index in [0.717, 1.165) is 24.6 Å². The molecule has 0 radical (unpaired) electrons. The molecule has 1 saturated heterocycles. The van der Waals surface area contributed by atoms with Gasteiger partial charge in [-0.1, -0.05) is 44.2 Å². The summed E-state index contributed by atoms with van der Waals surface area (Å²) in [4.78, 5) is 11.6. The summed E-state index contributed by atoms with van der Waals surface area (Å²) in [6, 6.07) is 12.4. The first-order valence-corrected chi connectivity index (χ1v) is 10.0. The maximum absolute atomic E-state index is 5.48. The molecule has 0 bridgehead atoms. The minimum Gasteiger partial charge on any atom is -0.356 e. The van der Waals surface area contributed by atoms with E-state index in [1.165, 1.54) is 12.0 Å². The largest absolute Gasteiger partial charge is 0.356 e. The monoisotopic (exact) mass is 383 g/mol. The van der Waals surface area contributed by atoms with Crippen LogP contribution in [0, 0.1) is 18.8 Å². The van der Waals surface area contributed by atoms with Gasteiger partial charge >= 0.3 is 0 Å². The molecule has 144 valence electrons. The molecule has 2 heterocycles. The SMILES string of the molecule is Cc1cc(N2C[C@@H](C)C[C@H](C)C2)nc(NC(=S)N[C@@H](C)c2ccccc2)n1. The highest BCUT2D eigenvalue weighted by Gasteiger charge is 2.23. The normalized spacial score (nSPS) is 20.8. The number of aromatic nitrogens is 2. The Morgan fingerprint density at radius 2 is 1.81 bits per heavy atom. The summed E-state index contributed by atoms with van der Waals surface area (Å²) in [5.74, 6) is 2.88. The van der Waals surface area contributed by atoms with Gasteiger partial charge in [-0.25, -0.2) is 4.98 Å². The van der Waals surface area contributed by atoms with Crippen LogP contribution in [0.25, 0.3) is 0 Å². The molecule has 0 spiro atoms. The van der Waals surface area contributed by atoms with Crippen LogP contribution < -0.4 is 15.5 Å². The summed E-state index contributed by atoms with van der Waals surface area (Å²) in [5, 5.41) is 6.99. The van der Waals surface area contributed by atoms with E-state index < -0.39 is 0 Å². The molecular formula is C21H29N5S. The topological polar surface area (TPSA) is 53.1 Å². The second kappa shape index (κ2) is 8.65. The third kappa shape index (κ3) is 5.39. The van der Waals surface area contributed by atoms with Gasteiger partial charge in [-0.15, -0.1) is 0 Å². The Labute approximate surface area is 167 Å². The van der Waals surface area contributed by atoms with Crippen LogP contribution in [-0.2, 0) is 0 Å². The third-order valence-electron chi connectivity index (χ3n) is 4.91. The number of hydrogen-bond donors (Lipinski definition) is 2. The predicted octanol–water partition coefficient (Wildman–Crippen LogP) is 4.31. The van der Waals surface area contributed by atoms with Crippen molar-refractivity contribution in [1.29, 1.82) is 0 Å². The van der Waals surface area contributed by atoms with Gasteiger partial charge in [-0.2, -0.15) is 4.98 Å². The van der Waals surface area contributed by atoms with Gasteiger partial charge in [-0.3, -0.25) is 0 Å². The number of nitrogens with one attached hydrogen (secondary N) is 2. The van der Waals surface area contributed by atoms with Crippen LogP contribution in [-0.4, -0.2) is 28.2 Å². The first-order chi connectivity index (χ1) is 12.9. The average molecular weight is 384 g/mol. The lowest BCUT2D eigenvalue weighted by Crippen LogP contribution is -2.39. The Bertz CT molecular complexity index is 769. The molecule has 2 aromatic rings. The van der Waals surface area contributed by atoms with Gasteiger partial charge < -0.3 is 15.5 Å². The molecule has 5 nitrogen and oxygen atoms in total. The highest BCUT2D eigenvalue weighted by atomic mass is 32.1. The number of benzene rings is 1. The summed E-state index contributed by atoms with van der Waals surface area (Å²) in [6.07, 6.45) is 1.27. The fourth-order valence-corrected chi connectivity index (χ4v) is 4.05. The van der Waals surface area contributed by atoms with Crippen LogP contribution >= 0.6 is 12.2 Å². The van der Waals surface area contributed by atoms with Crippen LogP contribution in [0.1, 0.15) is 44.5 Å². The van der Waals surface area contributed by atoms with Crippen LogP contribution in [0.2, 0.25) is 0 Å². The minimum absolute atomic E-state index is 0.110. The van der Waals surface area contributed by atoms with Crippen molar-refractivity contribution < 1.29 is 0 Å². The lowest BCUT2D eigenvalue weighted by molar-refractivity contribution is 0.355. The second-order valence-electron chi connectivity index (χ2n) is 7.77. The first kappa shape index (κ1) is 19.5. The number of piperidine rings is 1. The van der Waals surface area contributed by atoms with Gasteiger partial charge in [0.1, 0.15) is 5.82 Å². The van der Waals surface area contributed by atoms with Crippen LogP contribution in [0.15, 0.2) is 36.4 Å². The molecule has 1 aromatic carbocycles. The van der Waals surface area contributed by atoms with Crippen molar-refractivity contribution in [1.82, 2.24) is 15.3 Å². The summed E-state index contributed by atoms with van der Waals surface area (Å²) >= 11 is 5.48. The quantitative estimate of drug-likeness (QED) is 0.767. The Hall–Kier alpha value is -2.21. The first-order valence-electron chi connectivity index (χ1n) is 9.64. The molecule has 6 heteroatoms. The minimum atomic E-state index is 0.110. The van der Waals surface area contributed by atoms with E-state index >= 15 is 0 Å². The highest BCUT2D eigenvalue weighted by molar-refractivity contribution is 7.80. The maximum Gasteiger partial charge on any atom is 0.231 e. The van der Waals surface area contributed by atoms with Crippen LogP contribution in [0.3, 0.4) is 0 Å². The fourth-order valence-electron chi connectivity index (χ4n) is 3.78. The van der Waals surface area contributed by atoms with Crippen molar-refractivity contribution in [2.45, 2.75) is 40.2 Å². The second-order valence-corrected chi connectivity index (χ2v) is 8.18. The lowest BCUT2D eigenvalue weighted by Gasteiger charge is -2.36. The number of anilines is 2. The zero-order valence-electron chi connectivity index (χ0n) is 16.6. The smallest absolute Gasteiger partial charge is 0.231 e. The van der Waals surface area contributed by atoms with E-state index in [4.69, 9.17) is 17.2 Å². The third-order valence-corrected chi connectivity index (χ3v) is 5.13. The maximum atomic E-state index is 5.48. The van der Waals surface area contributed by atoms with E-state index in [1.54, 1.807) is 0 Å². The highest BCUT2D eigenvalue weighted by Crippen LogP contribution is 2.26. The molecule has 3 rings (SSSR count).